The molecule has 3 rings (SSSR count). The molecule has 0 aliphatic rings. The smallest absolute Gasteiger partial charge is 0.326 e. The number of carbonyl (C=O) groups is 2. The van der Waals surface area contributed by atoms with Crippen LogP contribution in [0.2, 0.25) is 0 Å². The molecule has 0 aliphatic carbocycles. The highest BCUT2D eigenvalue weighted by molar-refractivity contribution is 7.98. The van der Waals surface area contributed by atoms with E-state index in [1.54, 1.807) is 29.2 Å². The van der Waals surface area contributed by atoms with Crippen molar-refractivity contribution < 1.29 is 24.2 Å². The number of aromatic nitrogens is 1. The summed E-state index contributed by atoms with van der Waals surface area (Å²) < 4.78 is 12.1. The van der Waals surface area contributed by atoms with Crippen LogP contribution < -0.4 is 5.32 Å². The molecule has 0 spiro atoms. The fraction of sp³-hybridized carbons (Fsp3) is 0.433. The molecule has 0 bridgehead atoms. The Morgan fingerprint density at radius 1 is 1.18 bits per heavy atom. The second-order valence-corrected chi connectivity index (χ2v) is 11.8. The molecule has 0 unspecified atom stereocenters. The number of nitrogens with one attached hydrogen (secondary N) is 1. The largest absolute Gasteiger partial charge is 0.480 e. The molecule has 2 aromatic carbocycles. The van der Waals surface area contributed by atoms with Gasteiger partial charge in [0.25, 0.3) is 5.91 Å². The summed E-state index contributed by atoms with van der Waals surface area (Å²) in [5.74, 6) is -0.814. The number of ether oxygens (including phenoxy) is 2. The minimum atomic E-state index is -1.04. The highest BCUT2D eigenvalue weighted by atomic mass is 32.2. The van der Waals surface area contributed by atoms with Crippen LogP contribution in [-0.2, 0) is 27.4 Å². The molecule has 0 saturated heterocycles. The van der Waals surface area contributed by atoms with Crippen LogP contribution >= 0.6 is 23.1 Å². The summed E-state index contributed by atoms with van der Waals surface area (Å²) in [6, 6.07) is 12.5. The average Bonchev–Trinajstić information content (AvgIpc) is 3.38. The van der Waals surface area contributed by atoms with E-state index in [9.17, 15) is 14.7 Å². The lowest BCUT2D eigenvalue weighted by Crippen LogP contribution is -2.41. The number of carboxylic acids is 1. The van der Waals surface area contributed by atoms with Crippen LogP contribution in [0.5, 0.6) is 0 Å². The minimum Gasteiger partial charge on any atom is -0.480 e. The maximum Gasteiger partial charge on any atom is 0.326 e. The lowest BCUT2D eigenvalue weighted by Gasteiger charge is -2.19. The highest BCUT2D eigenvalue weighted by Crippen LogP contribution is 2.30. The number of amides is 1. The van der Waals surface area contributed by atoms with Gasteiger partial charge in [-0.05, 0) is 80.8 Å². The predicted octanol–water partition coefficient (Wildman–Crippen LogP) is 5.41. The zero-order valence-corrected chi connectivity index (χ0v) is 25.4. The molecule has 1 aromatic heterocycles. The zero-order chi connectivity index (χ0) is 29.1. The van der Waals surface area contributed by atoms with E-state index in [1.807, 2.05) is 76.8 Å². The SMILES string of the molecule is CCOC[C@@H](OCc1ccc(C(=O)N[C@@H](CCSC)C(=O)O)c(-c2ccccc2C)c1)c1cnc(CN(C)C)s1. The Labute approximate surface area is 245 Å². The maximum absolute atomic E-state index is 13.3. The summed E-state index contributed by atoms with van der Waals surface area (Å²) in [6.45, 7) is 6.01. The average molecular weight is 586 g/mol. The van der Waals surface area contributed by atoms with E-state index in [2.05, 4.69) is 15.2 Å². The maximum atomic E-state index is 13.3. The predicted molar refractivity (Wildman–Crippen MR) is 162 cm³/mol. The van der Waals surface area contributed by atoms with E-state index in [0.717, 1.165) is 38.7 Å². The van der Waals surface area contributed by atoms with Crippen molar-refractivity contribution in [3.63, 3.8) is 0 Å². The van der Waals surface area contributed by atoms with Crippen LogP contribution in [-0.4, -0.2) is 72.2 Å². The number of hydrogen-bond acceptors (Lipinski definition) is 8. The van der Waals surface area contributed by atoms with Crippen molar-refractivity contribution in [3.8, 4) is 11.1 Å². The summed E-state index contributed by atoms with van der Waals surface area (Å²) in [4.78, 5) is 32.7. The fourth-order valence-electron chi connectivity index (χ4n) is 4.16. The van der Waals surface area contributed by atoms with Gasteiger partial charge in [0.15, 0.2) is 0 Å². The normalized spacial score (nSPS) is 12.8. The van der Waals surface area contributed by atoms with Crippen LogP contribution in [0.4, 0.5) is 0 Å². The Balaban J connectivity index is 1.88. The molecular formula is C30H39N3O5S2. The van der Waals surface area contributed by atoms with Gasteiger partial charge in [0.2, 0.25) is 0 Å². The molecule has 40 heavy (non-hydrogen) atoms. The number of rotatable bonds is 16. The minimum absolute atomic E-state index is 0.272. The van der Waals surface area contributed by atoms with Crippen LogP contribution in [0.25, 0.3) is 11.1 Å². The van der Waals surface area contributed by atoms with Gasteiger partial charge in [-0.25, -0.2) is 9.78 Å². The molecule has 0 aliphatic heterocycles. The lowest BCUT2D eigenvalue weighted by molar-refractivity contribution is -0.139. The molecule has 2 N–H and O–H groups in total. The van der Waals surface area contributed by atoms with Gasteiger partial charge in [0, 0.05) is 24.9 Å². The Hall–Kier alpha value is -2.76. The number of nitrogens with zero attached hydrogens (tertiary/aromatic N) is 2. The molecule has 8 nitrogen and oxygen atoms in total. The van der Waals surface area contributed by atoms with Gasteiger partial charge < -0.3 is 24.8 Å². The van der Waals surface area contributed by atoms with Crippen molar-refractivity contribution in [2.75, 3.05) is 39.3 Å². The van der Waals surface area contributed by atoms with Crippen LogP contribution in [0.15, 0.2) is 48.7 Å². The second kappa shape index (κ2) is 15.9. The zero-order valence-electron chi connectivity index (χ0n) is 23.8. The number of aryl methyl sites for hydroxylation is 1. The first-order chi connectivity index (χ1) is 19.2. The van der Waals surface area contributed by atoms with Crippen molar-refractivity contribution in [1.82, 2.24) is 15.2 Å². The number of thioether (sulfide) groups is 1. The lowest BCUT2D eigenvalue weighted by atomic mass is 9.93. The van der Waals surface area contributed by atoms with Gasteiger partial charge in [0.05, 0.1) is 18.1 Å². The fourth-order valence-corrected chi connectivity index (χ4v) is 5.70. The number of carbonyl (C=O) groups excluding carboxylic acids is 1. The Kier molecular flexibility index (Phi) is 12.6. The summed E-state index contributed by atoms with van der Waals surface area (Å²) in [6.07, 6.45) is 3.85. The van der Waals surface area contributed by atoms with Gasteiger partial charge in [0.1, 0.15) is 17.2 Å². The van der Waals surface area contributed by atoms with Gasteiger partial charge in [-0.2, -0.15) is 11.8 Å². The molecule has 10 heteroatoms. The molecule has 2 atom stereocenters. The first-order valence-electron chi connectivity index (χ1n) is 13.2. The third kappa shape index (κ3) is 9.14. The van der Waals surface area contributed by atoms with E-state index < -0.39 is 17.9 Å². The van der Waals surface area contributed by atoms with Gasteiger partial charge in [-0.15, -0.1) is 11.3 Å². The first-order valence-corrected chi connectivity index (χ1v) is 15.4. The van der Waals surface area contributed by atoms with Crippen molar-refractivity contribution in [2.24, 2.45) is 0 Å². The molecule has 216 valence electrons. The molecular weight excluding hydrogens is 546 g/mol. The Bertz CT molecular complexity index is 1260. The standard InChI is InChI=1S/C30H39N3O5S2/c1-6-37-19-26(27-16-31-28(40-27)17-33(3)4)38-18-21-11-12-23(24(15-21)22-10-8-7-9-20(22)2)29(34)32-25(30(35)36)13-14-39-5/h7-12,15-16,25-26H,6,13-14,17-19H2,1-5H3,(H,32,34)(H,35,36)/t25-,26+/m0/s1. The third-order valence-electron chi connectivity index (χ3n) is 6.24. The Morgan fingerprint density at radius 3 is 2.62 bits per heavy atom. The van der Waals surface area contributed by atoms with Crippen LogP contribution in [0.3, 0.4) is 0 Å². The van der Waals surface area contributed by atoms with Crippen LogP contribution in [0, 0.1) is 6.92 Å². The summed E-state index contributed by atoms with van der Waals surface area (Å²) in [5.41, 5.74) is 3.98. The summed E-state index contributed by atoms with van der Waals surface area (Å²) in [5, 5.41) is 13.4. The van der Waals surface area contributed by atoms with Crippen molar-refractivity contribution in [1.29, 1.82) is 0 Å². The molecule has 0 fully saturated rings. The van der Waals surface area contributed by atoms with Crippen molar-refractivity contribution in [3.05, 3.63) is 75.2 Å². The van der Waals surface area contributed by atoms with E-state index in [0.29, 0.717) is 37.6 Å². The number of thiazole rings is 1. The number of carboxylic acid groups (broad SMARTS) is 1. The first kappa shape index (κ1) is 31.8. The van der Waals surface area contributed by atoms with Gasteiger partial charge in [-0.1, -0.05) is 30.3 Å². The molecule has 3 aromatic rings. The molecule has 1 heterocycles. The summed E-state index contributed by atoms with van der Waals surface area (Å²) in [7, 11) is 4.02. The summed E-state index contributed by atoms with van der Waals surface area (Å²) >= 11 is 3.16. The van der Waals surface area contributed by atoms with Crippen molar-refractivity contribution in [2.45, 2.75) is 45.6 Å². The topological polar surface area (TPSA) is 101 Å². The highest BCUT2D eigenvalue weighted by Gasteiger charge is 2.23. The quantitative estimate of drug-likeness (QED) is 0.230. The molecule has 1 amide bonds. The second-order valence-electron chi connectivity index (χ2n) is 9.69. The number of aliphatic carboxylic acids is 1. The van der Waals surface area contributed by atoms with E-state index in [4.69, 9.17) is 9.47 Å². The molecule has 0 saturated carbocycles. The molecule has 0 radical (unpaired) electrons. The van der Waals surface area contributed by atoms with Gasteiger partial charge in [-0.3, -0.25) is 4.79 Å². The van der Waals surface area contributed by atoms with Crippen molar-refractivity contribution >= 4 is 35.0 Å². The number of hydrogen-bond donors (Lipinski definition) is 2. The van der Waals surface area contributed by atoms with Crippen LogP contribution in [0.1, 0.15) is 50.8 Å². The van der Waals surface area contributed by atoms with E-state index in [1.165, 1.54) is 0 Å². The third-order valence-corrected chi connectivity index (χ3v) is 7.96. The monoisotopic (exact) mass is 585 g/mol. The number of benzene rings is 2. The Morgan fingerprint density at radius 2 is 1.95 bits per heavy atom. The van der Waals surface area contributed by atoms with E-state index >= 15 is 0 Å². The van der Waals surface area contributed by atoms with E-state index in [-0.39, 0.29) is 6.10 Å². The van der Waals surface area contributed by atoms with Gasteiger partial charge >= 0.3 is 5.97 Å².